The molecule has 0 aromatic heterocycles. The summed E-state index contributed by atoms with van der Waals surface area (Å²) in [5.41, 5.74) is 0.969. The lowest BCUT2D eigenvalue weighted by Crippen LogP contribution is -2.45. The van der Waals surface area contributed by atoms with E-state index in [1.165, 1.54) is 0 Å². The van der Waals surface area contributed by atoms with Gasteiger partial charge < -0.3 is 15.0 Å². The first-order chi connectivity index (χ1) is 9.75. The Morgan fingerprint density at radius 1 is 1.40 bits per heavy atom. The maximum Gasteiger partial charge on any atom is 0.227 e. The third-order valence-corrected chi connectivity index (χ3v) is 4.38. The second-order valence-corrected chi connectivity index (χ2v) is 5.76. The van der Waals surface area contributed by atoms with Gasteiger partial charge in [-0.1, -0.05) is 29.8 Å². The number of rotatable bonds is 2. The predicted molar refractivity (Wildman–Crippen MR) is 77.7 cm³/mol. The van der Waals surface area contributed by atoms with E-state index in [4.69, 9.17) is 16.3 Å². The van der Waals surface area contributed by atoms with Gasteiger partial charge in [0.1, 0.15) is 6.10 Å². The number of carbonyl (C=O) groups is 1. The van der Waals surface area contributed by atoms with Gasteiger partial charge in [0.2, 0.25) is 5.91 Å². The van der Waals surface area contributed by atoms with Gasteiger partial charge in [0.25, 0.3) is 0 Å². The first-order valence-corrected chi connectivity index (χ1v) is 7.49. The second kappa shape index (κ2) is 6.12. The third-order valence-electron chi connectivity index (χ3n) is 4.04. The maximum atomic E-state index is 12.5. The molecule has 2 aliphatic heterocycles. The molecule has 0 spiro atoms. The molecule has 0 saturated carbocycles. The lowest BCUT2D eigenvalue weighted by atomic mass is 10.0. The highest BCUT2D eigenvalue weighted by Crippen LogP contribution is 2.29. The molecule has 5 heteroatoms. The van der Waals surface area contributed by atoms with Crippen LogP contribution in [0.15, 0.2) is 24.3 Å². The summed E-state index contributed by atoms with van der Waals surface area (Å²) >= 11 is 6.22. The molecule has 0 unspecified atom stereocenters. The topological polar surface area (TPSA) is 41.6 Å². The number of halogens is 1. The summed E-state index contributed by atoms with van der Waals surface area (Å²) in [6, 6.07) is 7.69. The van der Waals surface area contributed by atoms with E-state index in [9.17, 15) is 4.79 Å². The third kappa shape index (κ3) is 2.82. The number of morpholine rings is 1. The fourth-order valence-electron chi connectivity index (χ4n) is 2.90. The van der Waals surface area contributed by atoms with Gasteiger partial charge in [-0.3, -0.25) is 4.79 Å². The number of benzene rings is 1. The van der Waals surface area contributed by atoms with Crippen molar-refractivity contribution in [3.8, 4) is 0 Å². The van der Waals surface area contributed by atoms with E-state index >= 15 is 0 Å². The van der Waals surface area contributed by atoms with Gasteiger partial charge in [-0.05, 0) is 19.0 Å². The van der Waals surface area contributed by atoms with Crippen molar-refractivity contribution < 1.29 is 9.53 Å². The Morgan fingerprint density at radius 3 is 3.00 bits per heavy atom. The highest BCUT2D eigenvalue weighted by atomic mass is 35.5. The quantitative estimate of drug-likeness (QED) is 0.905. The van der Waals surface area contributed by atoms with Crippen LogP contribution in [0.3, 0.4) is 0 Å². The number of carbonyl (C=O) groups excluding carboxylic acids is 1. The zero-order chi connectivity index (χ0) is 13.9. The monoisotopic (exact) mass is 294 g/mol. The van der Waals surface area contributed by atoms with Crippen molar-refractivity contribution in [3.05, 3.63) is 34.9 Å². The van der Waals surface area contributed by atoms with Gasteiger partial charge in [-0.2, -0.15) is 0 Å². The molecule has 2 fully saturated rings. The van der Waals surface area contributed by atoms with E-state index < -0.39 is 0 Å². The molecule has 2 atom stereocenters. The molecule has 2 aliphatic rings. The lowest BCUT2D eigenvalue weighted by Gasteiger charge is -2.34. The van der Waals surface area contributed by atoms with Crippen LogP contribution in [-0.4, -0.2) is 43.6 Å². The van der Waals surface area contributed by atoms with Gasteiger partial charge in [0.15, 0.2) is 0 Å². The molecule has 20 heavy (non-hydrogen) atoms. The molecular weight excluding hydrogens is 276 g/mol. The Kier molecular flexibility index (Phi) is 4.24. The average Bonchev–Trinajstić information content (AvgIpc) is 3.01. The molecule has 3 rings (SSSR count). The molecule has 0 bridgehead atoms. The predicted octanol–water partition coefficient (Wildman–Crippen LogP) is 1.85. The minimum absolute atomic E-state index is 0.115. The minimum atomic E-state index is -0.115. The number of hydrogen-bond acceptors (Lipinski definition) is 3. The second-order valence-electron chi connectivity index (χ2n) is 5.35. The van der Waals surface area contributed by atoms with Crippen LogP contribution in [0.5, 0.6) is 0 Å². The summed E-state index contributed by atoms with van der Waals surface area (Å²) in [6.45, 7) is 3.58. The van der Waals surface area contributed by atoms with Crippen LogP contribution in [-0.2, 0) is 9.53 Å². The van der Waals surface area contributed by atoms with Crippen LogP contribution in [0, 0.1) is 5.92 Å². The lowest BCUT2D eigenvalue weighted by molar-refractivity contribution is -0.142. The molecule has 108 valence electrons. The van der Waals surface area contributed by atoms with Gasteiger partial charge in [-0.25, -0.2) is 0 Å². The van der Waals surface area contributed by atoms with Crippen LogP contribution in [0.2, 0.25) is 5.02 Å². The number of amides is 1. The van der Waals surface area contributed by atoms with E-state index in [0.29, 0.717) is 24.7 Å². The Hall–Kier alpha value is -1.10. The summed E-state index contributed by atoms with van der Waals surface area (Å²) in [7, 11) is 0. The summed E-state index contributed by atoms with van der Waals surface area (Å²) in [6.07, 6.45) is 0.822. The highest BCUT2D eigenvalue weighted by Gasteiger charge is 2.31. The van der Waals surface area contributed by atoms with Crippen LogP contribution in [0.1, 0.15) is 18.1 Å². The fraction of sp³-hybridized carbons (Fsp3) is 0.533. The van der Waals surface area contributed by atoms with Crippen molar-refractivity contribution in [2.75, 3.05) is 32.8 Å². The van der Waals surface area contributed by atoms with Crippen molar-refractivity contribution in [1.82, 2.24) is 10.2 Å². The van der Waals surface area contributed by atoms with Gasteiger partial charge in [0.05, 0.1) is 19.1 Å². The minimum Gasteiger partial charge on any atom is -0.370 e. The van der Waals surface area contributed by atoms with Crippen molar-refractivity contribution in [2.45, 2.75) is 12.5 Å². The number of nitrogens with one attached hydrogen (secondary N) is 1. The Labute approximate surface area is 124 Å². The first-order valence-electron chi connectivity index (χ1n) is 7.11. The van der Waals surface area contributed by atoms with Crippen molar-refractivity contribution in [2.24, 2.45) is 5.92 Å². The van der Waals surface area contributed by atoms with Gasteiger partial charge in [-0.15, -0.1) is 0 Å². The molecule has 2 saturated heterocycles. The fourth-order valence-corrected chi connectivity index (χ4v) is 3.15. The van der Waals surface area contributed by atoms with E-state index in [1.54, 1.807) is 0 Å². The molecule has 4 nitrogen and oxygen atoms in total. The molecule has 1 aromatic carbocycles. The van der Waals surface area contributed by atoms with Crippen LogP contribution >= 0.6 is 11.6 Å². The van der Waals surface area contributed by atoms with Gasteiger partial charge in [0, 0.05) is 23.7 Å². The molecule has 1 amide bonds. The zero-order valence-electron chi connectivity index (χ0n) is 11.3. The molecule has 2 heterocycles. The standard InChI is InChI=1S/C15H19ClN2O2/c16-13-4-2-1-3-12(13)14-10-18(7-8-20-14)15(19)11-5-6-17-9-11/h1-4,11,14,17H,5-10H2/t11-,14+/m0/s1. The van der Waals surface area contributed by atoms with Crippen LogP contribution < -0.4 is 5.32 Å². The van der Waals surface area contributed by atoms with Crippen molar-refractivity contribution in [3.63, 3.8) is 0 Å². The summed E-state index contributed by atoms with van der Waals surface area (Å²) < 4.78 is 5.79. The van der Waals surface area contributed by atoms with Crippen molar-refractivity contribution in [1.29, 1.82) is 0 Å². The van der Waals surface area contributed by atoms with Crippen molar-refractivity contribution >= 4 is 17.5 Å². The SMILES string of the molecule is O=C([C@H]1CCNC1)N1CCO[C@@H](c2ccccc2Cl)C1. The van der Waals surface area contributed by atoms with Crippen LogP contribution in [0.4, 0.5) is 0 Å². The Bertz CT molecular complexity index is 489. The van der Waals surface area contributed by atoms with E-state index in [-0.39, 0.29) is 17.9 Å². The number of ether oxygens (including phenoxy) is 1. The highest BCUT2D eigenvalue weighted by molar-refractivity contribution is 6.31. The van der Waals surface area contributed by atoms with Crippen LogP contribution in [0.25, 0.3) is 0 Å². The molecule has 0 radical (unpaired) electrons. The summed E-state index contributed by atoms with van der Waals surface area (Å²) in [5, 5.41) is 3.95. The number of nitrogens with zero attached hydrogens (tertiary/aromatic N) is 1. The average molecular weight is 295 g/mol. The normalized spacial score (nSPS) is 26.8. The van der Waals surface area contributed by atoms with E-state index in [2.05, 4.69) is 5.32 Å². The molecule has 0 aliphatic carbocycles. The van der Waals surface area contributed by atoms with Gasteiger partial charge >= 0.3 is 0 Å². The molecular formula is C15H19ClN2O2. The first kappa shape index (κ1) is 13.9. The van der Waals surface area contributed by atoms with E-state index in [0.717, 1.165) is 25.1 Å². The summed E-state index contributed by atoms with van der Waals surface area (Å²) in [5.74, 6) is 0.371. The molecule has 1 N–H and O–H groups in total. The largest absolute Gasteiger partial charge is 0.370 e. The smallest absolute Gasteiger partial charge is 0.227 e. The molecule has 1 aromatic rings. The zero-order valence-corrected chi connectivity index (χ0v) is 12.1. The Balaban J connectivity index is 1.70. The van der Waals surface area contributed by atoms with E-state index in [1.807, 2.05) is 29.2 Å². The summed E-state index contributed by atoms with van der Waals surface area (Å²) in [4.78, 5) is 14.4. The number of hydrogen-bond donors (Lipinski definition) is 1. The Morgan fingerprint density at radius 2 is 2.25 bits per heavy atom. The maximum absolute atomic E-state index is 12.5.